The average molecular weight is 426 g/mol. The molecular formula is C23H21F3N4O. The van der Waals surface area contributed by atoms with E-state index in [0.29, 0.717) is 30.0 Å². The molecular weight excluding hydrogens is 405 g/mol. The Morgan fingerprint density at radius 2 is 1.94 bits per heavy atom. The Bertz CT molecular complexity index is 1060. The Labute approximate surface area is 178 Å². The van der Waals surface area contributed by atoms with Crippen LogP contribution in [0.2, 0.25) is 0 Å². The van der Waals surface area contributed by atoms with Gasteiger partial charge in [0.25, 0.3) is 0 Å². The number of benzene rings is 1. The molecule has 0 saturated carbocycles. The Kier molecular flexibility index (Phi) is 5.97. The Morgan fingerprint density at radius 3 is 2.71 bits per heavy atom. The second-order valence-corrected chi connectivity index (χ2v) is 7.59. The molecule has 1 aliphatic rings. The maximum atomic E-state index is 13.2. The molecule has 0 bridgehead atoms. The Balaban J connectivity index is 1.57. The summed E-state index contributed by atoms with van der Waals surface area (Å²) in [5.41, 5.74) is 1.55. The maximum absolute atomic E-state index is 13.2. The highest BCUT2D eigenvalue weighted by Crippen LogP contribution is 2.35. The van der Waals surface area contributed by atoms with Crippen LogP contribution in [0.1, 0.15) is 35.6 Å². The normalized spacial score (nSPS) is 16.9. The predicted molar refractivity (Wildman–Crippen MR) is 109 cm³/mol. The molecule has 1 fully saturated rings. The van der Waals surface area contributed by atoms with Gasteiger partial charge in [0.2, 0.25) is 5.91 Å². The molecule has 160 valence electrons. The van der Waals surface area contributed by atoms with Crippen LogP contribution < -0.4 is 0 Å². The Morgan fingerprint density at radius 1 is 1.10 bits per heavy atom. The van der Waals surface area contributed by atoms with Crippen LogP contribution in [0.25, 0.3) is 11.3 Å². The van der Waals surface area contributed by atoms with Crippen LogP contribution in [0, 0.1) is 0 Å². The second-order valence-electron chi connectivity index (χ2n) is 7.59. The zero-order valence-corrected chi connectivity index (χ0v) is 16.7. The van der Waals surface area contributed by atoms with Gasteiger partial charge >= 0.3 is 6.18 Å². The van der Waals surface area contributed by atoms with E-state index in [2.05, 4.69) is 15.0 Å². The fourth-order valence-electron chi connectivity index (χ4n) is 3.93. The summed E-state index contributed by atoms with van der Waals surface area (Å²) in [7, 11) is 0. The van der Waals surface area contributed by atoms with Gasteiger partial charge in [0.05, 0.1) is 23.4 Å². The SMILES string of the molecule is O=C(Cc1cccnc1)N1CCC[C@H](c2nccnc2-c2cccc(C(F)(F)F)c2)C1. The summed E-state index contributed by atoms with van der Waals surface area (Å²) in [6.45, 7) is 1.11. The van der Waals surface area contributed by atoms with Crippen LogP contribution in [0.5, 0.6) is 0 Å². The van der Waals surface area contributed by atoms with Crippen LogP contribution in [0.4, 0.5) is 13.2 Å². The standard InChI is InChI=1S/C23H21F3N4O/c24-23(25,26)19-7-1-5-17(13-19)21-22(29-10-9-28-21)18-6-3-11-30(15-18)20(31)12-16-4-2-8-27-14-16/h1-2,4-5,7-10,13-14,18H,3,6,11-12,15H2/t18-/m0/s1. The summed E-state index contributed by atoms with van der Waals surface area (Å²) in [4.78, 5) is 27.4. The zero-order chi connectivity index (χ0) is 21.8. The van der Waals surface area contributed by atoms with Gasteiger partial charge in [-0.05, 0) is 36.6 Å². The van der Waals surface area contributed by atoms with E-state index in [9.17, 15) is 18.0 Å². The molecule has 1 saturated heterocycles. The van der Waals surface area contributed by atoms with Crippen molar-refractivity contribution in [2.75, 3.05) is 13.1 Å². The fraction of sp³-hybridized carbons (Fsp3) is 0.304. The minimum absolute atomic E-state index is 0.00205. The van der Waals surface area contributed by atoms with Gasteiger partial charge in [0, 0.05) is 49.4 Å². The molecule has 5 nitrogen and oxygen atoms in total. The third-order valence-corrected chi connectivity index (χ3v) is 5.43. The van der Waals surface area contributed by atoms with Crippen molar-refractivity contribution in [2.45, 2.75) is 31.4 Å². The number of hydrogen-bond donors (Lipinski definition) is 0. The minimum Gasteiger partial charge on any atom is -0.342 e. The molecule has 0 unspecified atom stereocenters. The van der Waals surface area contributed by atoms with E-state index in [1.165, 1.54) is 12.3 Å². The van der Waals surface area contributed by atoms with Crippen molar-refractivity contribution in [2.24, 2.45) is 0 Å². The molecule has 1 aliphatic heterocycles. The number of amides is 1. The lowest BCUT2D eigenvalue weighted by atomic mass is 9.91. The van der Waals surface area contributed by atoms with Gasteiger partial charge in [0.15, 0.2) is 0 Å². The molecule has 31 heavy (non-hydrogen) atoms. The first-order chi connectivity index (χ1) is 14.9. The quantitative estimate of drug-likeness (QED) is 0.616. The number of aromatic nitrogens is 3. The summed E-state index contributed by atoms with van der Waals surface area (Å²) in [5.74, 6) is -0.0907. The van der Waals surface area contributed by atoms with Gasteiger partial charge in [-0.15, -0.1) is 0 Å². The van der Waals surface area contributed by atoms with Crippen molar-refractivity contribution in [3.05, 3.63) is 78.0 Å². The molecule has 4 rings (SSSR count). The number of carbonyl (C=O) groups excluding carboxylic acids is 1. The fourth-order valence-corrected chi connectivity index (χ4v) is 3.93. The van der Waals surface area contributed by atoms with Crippen molar-refractivity contribution in [1.29, 1.82) is 0 Å². The smallest absolute Gasteiger partial charge is 0.342 e. The van der Waals surface area contributed by atoms with Crippen molar-refractivity contribution in [3.63, 3.8) is 0 Å². The van der Waals surface area contributed by atoms with Crippen LogP contribution in [0.3, 0.4) is 0 Å². The molecule has 2 aromatic heterocycles. The van der Waals surface area contributed by atoms with E-state index >= 15 is 0 Å². The topological polar surface area (TPSA) is 59.0 Å². The lowest BCUT2D eigenvalue weighted by molar-refractivity contribution is -0.137. The highest BCUT2D eigenvalue weighted by Gasteiger charge is 2.32. The minimum atomic E-state index is -4.43. The zero-order valence-electron chi connectivity index (χ0n) is 16.7. The van der Waals surface area contributed by atoms with E-state index in [1.807, 2.05) is 6.07 Å². The largest absolute Gasteiger partial charge is 0.416 e. The molecule has 1 atom stereocenters. The molecule has 3 aromatic rings. The first kappa shape index (κ1) is 21.0. The summed E-state index contributed by atoms with van der Waals surface area (Å²) in [6, 6.07) is 8.78. The van der Waals surface area contributed by atoms with Crippen molar-refractivity contribution < 1.29 is 18.0 Å². The van der Waals surface area contributed by atoms with E-state index in [-0.39, 0.29) is 18.2 Å². The monoisotopic (exact) mass is 426 g/mol. The molecule has 0 spiro atoms. The lowest BCUT2D eigenvalue weighted by Crippen LogP contribution is -2.40. The third kappa shape index (κ3) is 4.90. The van der Waals surface area contributed by atoms with Crippen molar-refractivity contribution in [3.8, 4) is 11.3 Å². The summed E-state index contributed by atoms with van der Waals surface area (Å²) in [5, 5.41) is 0. The van der Waals surface area contributed by atoms with Gasteiger partial charge in [-0.3, -0.25) is 19.7 Å². The van der Waals surface area contributed by atoms with Crippen molar-refractivity contribution >= 4 is 5.91 Å². The predicted octanol–water partition coefficient (Wildman–Crippen LogP) is 4.51. The van der Waals surface area contributed by atoms with Gasteiger partial charge in [-0.2, -0.15) is 13.2 Å². The van der Waals surface area contributed by atoms with Gasteiger partial charge in [0.1, 0.15) is 0 Å². The number of hydrogen-bond acceptors (Lipinski definition) is 4. The maximum Gasteiger partial charge on any atom is 0.416 e. The number of nitrogens with zero attached hydrogens (tertiary/aromatic N) is 4. The van der Waals surface area contributed by atoms with Crippen LogP contribution in [-0.2, 0) is 17.4 Å². The number of pyridine rings is 1. The van der Waals surface area contributed by atoms with E-state index in [1.54, 1.807) is 35.6 Å². The van der Waals surface area contributed by atoms with E-state index < -0.39 is 11.7 Å². The number of likely N-dealkylation sites (tertiary alicyclic amines) is 1. The molecule has 8 heteroatoms. The van der Waals surface area contributed by atoms with Crippen LogP contribution in [0.15, 0.2) is 61.2 Å². The number of carbonyl (C=O) groups is 1. The molecule has 0 N–H and O–H groups in total. The van der Waals surface area contributed by atoms with Crippen LogP contribution >= 0.6 is 0 Å². The average Bonchev–Trinajstić information content (AvgIpc) is 2.79. The molecule has 3 heterocycles. The Hall–Kier alpha value is -3.29. The highest BCUT2D eigenvalue weighted by molar-refractivity contribution is 5.79. The van der Waals surface area contributed by atoms with E-state index in [0.717, 1.165) is 30.5 Å². The third-order valence-electron chi connectivity index (χ3n) is 5.43. The van der Waals surface area contributed by atoms with Gasteiger partial charge in [-0.25, -0.2) is 0 Å². The molecule has 0 aliphatic carbocycles. The second kappa shape index (κ2) is 8.83. The highest BCUT2D eigenvalue weighted by atomic mass is 19.4. The van der Waals surface area contributed by atoms with Gasteiger partial charge < -0.3 is 4.90 Å². The number of halogens is 3. The number of piperidine rings is 1. The lowest BCUT2D eigenvalue weighted by Gasteiger charge is -2.33. The molecule has 0 radical (unpaired) electrons. The molecule has 1 aromatic carbocycles. The van der Waals surface area contributed by atoms with Crippen molar-refractivity contribution in [1.82, 2.24) is 19.9 Å². The number of rotatable bonds is 4. The summed E-state index contributed by atoms with van der Waals surface area (Å²) in [6.07, 6.45) is 3.78. The first-order valence-electron chi connectivity index (χ1n) is 10.1. The summed E-state index contributed by atoms with van der Waals surface area (Å²) >= 11 is 0. The molecule has 1 amide bonds. The number of alkyl halides is 3. The van der Waals surface area contributed by atoms with Crippen LogP contribution in [-0.4, -0.2) is 38.8 Å². The first-order valence-corrected chi connectivity index (χ1v) is 10.1. The summed E-state index contributed by atoms with van der Waals surface area (Å²) < 4.78 is 39.5. The van der Waals surface area contributed by atoms with E-state index in [4.69, 9.17) is 0 Å². The van der Waals surface area contributed by atoms with Gasteiger partial charge in [-0.1, -0.05) is 18.2 Å².